The quantitative estimate of drug-likeness (QED) is 0.554. The number of nitrogens with one attached hydrogen (secondary N) is 1. The monoisotopic (exact) mass is 378 g/mol. The average Bonchev–Trinajstić information content (AvgIpc) is 3.23. The molecule has 1 saturated carbocycles. The number of fused-ring (bicyclic) bond motifs is 1. The van der Waals surface area contributed by atoms with Gasteiger partial charge in [-0.2, -0.15) is 5.10 Å². The Morgan fingerprint density at radius 3 is 2.93 bits per heavy atom. The topological polar surface area (TPSA) is 69.3 Å². The number of ether oxygens (including phenoxy) is 1. The molecule has 1 aliphatic carbocycles. The molecular weight excluding hydrogens is 359 g/mol. The lowest BCUT2D eigenvalue weighted by molar-refractivity contribution is 0.405. The highest BCUT2D eigenvalue weighted by Gasteiger charge is 2.27. The van der Waals surface area contributed by atoms with E-state index in [0.717, 1.165) is 35.6 Å². The Kier molecular flexibility index (Phi) is 3.96. The van der Waals surface area contributed by atoms with Crippen LogP contribution in [0.25, 0.3) is 16.9 Å². The minimum Gasteiger partial charge on any atom is -0.496 e. The summed E-state index contributed by atoms with van der Waals surface area (Å²) in [5.41, 5.74) is 3.20. The van der Waals surface area contributed by atoms with E-state index in [1.54, 1.807) is 18.5 Å². The number of aromatic nitrogens is 5. The normalized spacial score (nSPS) is 13.8. The van der Waals surface area contributed by atoms with Crippen molar-refractivity contribution in [2.24, 2.45) is 0 Å². The van der Waals surface area contributed by atoms with E-state index < -0.39 is 0 Å². The zero-order valence-electron chi connectivity index (χ0n) is 15.3. The molecule has 1 fully saturated rings. The third-order valence-corrected chi connectivity index (χ3v) is 5.04. The molecule has 0 aliphatic heterocycles. The molecule has 5 rings (SSSR count). The second-order valence-corrected chi connectivity index (χ2v) is 6.82. The van der Waals surface area contributed by atoms with E-state index in [4.69, 9.17) is 4.74 Å². The standard InChI is InChI=1S/C20H19FN6O/c1-28-18-4-2-3-16(21)15(18)11-22-19-8-7-14(20-25-23-12-26(19)20)17-9-10-24-27(17)13-5-6-13/h2-4,7-10,12-13,22H,5-6,11H2,1H3. The van der Waals surface area contributed by atoms with E-state index >= 15 is 0 Å². The molecule has 1 aromatic carbocycles. The molecule has 3 heterocycles. The Balaban J connectivity index is 1.49. The molecule has 0 amide bonds. The van der Waals surface area contributed by atoms with Crippen LogP contribution in [0.4, 0.5) is 10.2 Å². The number of pyridine rings is 1. The molecule has 8 heteroatoms. The van der Waals surface area contributed by atoms with Gasteiger partial charge in [0.25, 0.3) is 0 Å². The van der Waals surface area contributed by atoms with Crippen LogP contribution in [-0.2, 0) is 6.54 Å². The zero-order valence-corrected chi connectivity index (χ0v) is 15.3. The summed E-state index contributed by atoms with van der Waals surface area (Å²) in [7, 11) is 1.54. The molecular formula is C20H19FN6O. The van der Waals surface area contributed by atoms with Gasteiger partial charge in [0, 0.05) is 23.9 Å². The maximum absolute atomic E-state index is 14.2. The highest BCUT2D eigenvalue weighted by molar-refractivity contribution is 5.77. The number of halogens is 1. The van der Waals surface area contributed by atoms with Gasteiger partial charge in [0.2, 0.25) is 0 Å². The van der Waals surface area contributed by atoms with Gasteiger partial charge in [-0.25, -0.2) is 4.39 Å². The van der Waals surface area contributed by atoms with E-state index in [1.165, 1.54) is 13.2 Å². The fraction of sp³-hybridized carbons (Fsp3) is 0.250. The zero-order chi connectivity index (χ0) is 19.1. The van der Waals surface area contributed by atoms with Crippen LogP contribution in [0.15, 0.2) is 48.9 Å². The first kappa shape index (κ1) is 16.7. The fourth-order valence-corrected chi connectivity index (χ4v) is 3.47. The average molecular weight is 378 g/mol. The summed E-state index contributed by atoms with van der Waals surface area (Å²) in [6.45, 7) is 0.280. The molecule has 1 N–H and O–H groups in total. The summed E-state index contributed by atoms with van der Waals surface area (Å²) in [5.74, 6) is 0.973. The van der Waals surface area contributed by atoms with Gasteiger partial charge in [-0.05, 0) is 43.2 Å². The predicted molar refractivity (Wildman–Crippen MR) is 103 cm³/mol. The Morgan fingerprint density at radius 1 is 1.21 bits per heavy atom. The summed E-state index contributed by atoms with van der Waals surface area (Å²) in [4.78, 5) is 0. The Morgan fingerprint density at radius 2 is 2.11 bits per heavy atom. The molecule has 0 atom stereocenters. The van der Waals surface area contributed by atoms with Crippen molar-refractivity contribution in [3.05, 3.63) is 60.3 Å². The lowest BCUT2D eigenvalue weighted by Gasteiger charge is -2.14. The van der Waals surface area contributed by atoms with Crippen LogP contribution >= 0.6 is 0 Å². The molecule has 0 saturated heterocycles. The van der Waals surface area contributed by atoms with Gasteiger partial charge in [-0.1, -0.05) is 6.07 Å². The number of nitrogens with zero attached hydrogens (tertiary/aromatic N) is 5. The van der Waals surface area contributed by atoms with Crippen molar-refractivity contribution in [2.45, 2.75) is 25.4 Å². The number of hydrogen-bond donors (Lipinski definition) is 1. The van der Waals surface area contributed by atoms with Gasteiger partial charge in [0.1, 0.15) is 23.7 Å². The molecule has 4 aromatic rings. The van der Waals surface area contributed by atoms with Crippen molar-refractivity contribution in [1.82, 2.24) is 24.4 Å². The summed E-state index contributed by atoms with van der Waals surface area (Å²) in [5, 5.41) is 16.1. The predicted octanol–water partition coefficient (Wildman–Crippen LogP) is 3.69. The van der Waals surface area contributed by atoms with Crippen molar-refractivity contribution in [3.8, 4) is 17.0 Å². The third kappa shape index (κ3) is 2.77. The third-order valence-electron chi connectivity index (χ3n) is 5.04. The first-order valence-corrected chi connectivity index (χ1v) is 9.18. The summed E-state index contributed by atoms with van der Waals surface area (Å²) < 4.78 is 23.4. The SMILES string of the molecule is COc1cccc(F)c1CNc1ccc(-c2ccnn2C2CC2)c2nncn12. The first-order valence-electron chi connectivity index (χ1n) is 9.18. The van der Waals surface area contributed by atoms with Gasteiger partial charge in [0.05, 0.1) is 18.8 Å². The number of methoxy groups -OCH3 is 1. The van der Waals surface area contributed by atoms with Crippen molar-refractivity contribution in [2.75, 3.05) is 12.4 Å². The van der Waals surface area contributed by atoms with Gasteiger partial charge in [-0.15, -0.1) is 10.2 Å². The van der Waals surface area contributed by atoms with Crippen molar-refractivity contribution in [1.29, 1.82) is 0 Å². The highest BCUT2D eigenvalue weighted by atomic mass is 19.1. The number of rotatable bonds is 6. The Hall–Kier alpha value is -3.42. The summed E-state index contributed by atoms with van der Waals surface area (Å²) >= 11 is 0. The molecule has 0 bridgehead atoms. The Labute approximate surface area is 160 Å². The van der Waals surface area contributed by atoms with Crippen molar-refractivity contribution < 1.29 is 9.13 Å². The van der Waals surface area contributed by atoms with Gasteiger partial charge in [0.15, 0.2) is 5.65 Å². The van der Waals surface area contributed by atoms with Gasteiger partial charge >= 0.3 is 0 Å². The summed E-state index contributed by atoms with van der Waals surface area (Å²) in [6, 6.07) is 11.2. The molecule has 1 aliphatic rings. The molecule has 0 spiro atoms. The van der Waals surface area contributed by atoms with Crippen LogP contribution in [0.5, 0.6) is 5.75 Å². The van der Waals surface area contributed by atoms with E-state index in [9.17, 15) is 4.39 Å². The lowest BCUT2D eigenvalue weighted by atomic mass is 10.1. The molecule has 142 valence electrons. The maximum Gasteiger partial charge on any atom is 0.171 e. The van der Waals surface area contributed by atoms with Crippen LogP contribution < -0.4 is 10.1 Å². The molecule has 7 nitrogen and oxygen atoms in total. The second-order valence-electron chi connectivity index (χ2n) is 6.82. The van der Waals surface area contributed by atoms with E-state index in [2.05, 4.69) is 25.3 Å². The van der Waals surface area contributed by atoms with Gasteiger partial charge < -0.3 is 10.1 Å². The molecule has 28 heavy (non-hydrogen) atoms. The highest BCUT2D eigenvalue weighted by Crippen LogP contribution is 2.38. The lowest BCUT2D eigenvalue weighted by Crippen LogP contribution is -2.08. The molecule has 0 unspecified atom stereocenters. The van der Waals surface area contributed by atoms with Crippen molar-refractivity contribution in [3.63, 3.8) is 0 Å². The van der Waals surface area contributed by atoms with E-state index in [-0.39, 0.29) is 12.4 Å². The minimum atomic E-state index is -0.309. The Bertz CT molecular complexity index is 1150. The number of benzene rings is 1. The van der Waals surface area contributed by atoms with E-state index in [0.29, 0.717) is 17.4 Å². The van der Waals surface area contributed by atoms with Crippen LogP contribution in [0.2, 0.25) is 0 Å². The number of hydrogen-bond acceptors (Lipinski definition) is 5. The summed E-state index contributed by atoms with van der Waals surface area (Å²) in [6.07, 6.45) is 5.78. The van der Waals surface area contributed by atoms with Crippen LogP contribution in [0.3, 0.4) is 0 Å². The molecule has 0 radical (unpaired) electrons. The first-order chi connectivity index (χ1) is 13.8. The van der Waals surface area contributed by atoms with Crippen LogP contribution in [0.1, 0.15) is 24.4 Å². The second kappa shape index (κ2) is 6.63. The van der Waals surface area contributed by atoms with E-state index in [1.807, 2.05) is 28.8 Å². The maximum atomic E-state index is 14.2. The smallest absolute Gasteiger partial charge is 0.171 e. The molecule has 3 aromatic heterocycles. The largest absolute Gasteiger partial charge is 0.496 e. The fourth-order valence-electron chi connectivity index (χ4n) is 3.47. The van der Waals surface area contributed by atoms with Crippen LogP contribution in [-0.4, -0.2) is 31.5 Å². The van der Waals surface area contributed by atoms with Crippen molar-refractivity contribution >= 4 is 11.5 Å². The van der Waals surface area contributed by atoms with Gasteiger partial charge in [-0.3, -0.25) is 9.08 Å². The van der Waals surface area contributed by atoms with Crippen LogP contribution in [0, 0.1) is 5.82 Å². The minimum absolute atomic E-state index is 0.280. The number of anilines is 1.